The van der Waals surface area contributed by atoms with Crippen molar-refractivity contribution < 1.29 is 19.0 Å². The van der Waals surface area contributed by atoms with E-state index in [9.17, 15) is 4.79 Å². The zero-order chi connectivity index (χ0) is 20.3. The van der Waals surface area contributed by atoms with E-state index in [2.05, 4.69) is 10.9 Å². The van der Waals surface area contributed by atoms with E-state index in [1.807, 2.05) is 67.6 Å². The molecule has 0 spiro atoms. The molecule has 0 unspecified atom stereocenters. The van der Waals surface area contributed by atoms with E-state index in [-0.39, 0.29) is 5.91 Å². The molecule has 3 rings (SSSR count). The predicted octanol–water partition coefficient (Wildman–Crippen LogP) is 4.30. The minimum absolute atomic E-state index is 0.270. The van der Waals surface area contributed by atoms with Gasteiger partial charge in [-0.3, -0.25) is 15.6 Å². The van der Waals surface area contributed by atoms with Gasteiger partial charge in [-0.05, 0) is 49.4 Å². The lowest BCUT2D eigenvalue weighted by molar-refractivity contribution is 0.0962. The Balaban J connectivity index is 1.56. The second-order valence-corrected chi connectivity index (χ2v) is 6.05. The molecule has 3 aromatic carbocycles. The second kappa shape index (κ2) is 10.6. The Bertz CT molecular complexity index is 901. The normalized spacial score (nSPS) is 10.1. The number of hydrogen-bond donors (Lipinski definition) is 2. The van der Waals surface area contributed by atoms with Crippen LogP contribution in [0.15, 0.2) is 78.9 Å². The van der Waals surface area contributed by atoms with Crippen molar-refractivity contribution in [3.05, 3.63) is 84.4 Å². The van der Waals surface area contributed by atoms with Crippen molar-refractivity contribution in [2.24, 2.45) is 0 Å². The quantitative estimate of drug-likeness (QED) is 0.398. The molecule has 0 atom stereocenters. The summed E-state index contributed by atoms with van der Waals surface area (Å²) in [5, 5.41) is 0. The van der Waals surface area contributed by atoms with E-state index in [0.29, 0.717) is 36.9 Å². The molecule has 150 valence electrons. The first kappa shape index (κ1) is 20.1. The van der Waals surface area contributed by atoms with Crippen LogP contribution in [0.2, 0.25) is 0 Å². The summed E-state index contributed by atoms with van der Waals surface area (Å²) >= 11 is 0. The Kier molecular flexibility index (Phi) is 7.34. The van der Waals surface area contributed by atoms with Gasteiger partial charge in [0.1, 0.15) is 19.0 Å². The van der Waals surface area contributed by atoms with E-state index in [4.69, 9.17) is 14.2 Å². The van der Waals surface area contributed by atoms with Crippen molar-refractivity contribution in [3.63, 3.8) is 0 Å². The fraction of sp³-hybridized carbons (Fsp3) is 0.174. The monoisotopic (exact) mass is 392 g/mol. The Morgan fingerprint density at radius 3 is 2.21 bits per heavy atom. The van der Waals surface area contributed by atoms with Crippen LogP contribution in [0.1, 0.15) is 17.3 Å². The van der Waals surface area contributed by atoms with Gasteiger partial charge in [-0.25, -0.2) is 0 Å². The molecule has 0 aliphatic rings. The zero-order valence-corrected chi connectivity index (χ0v) is 16.3. The number of rotatable bonds is 10. The summed E-state index contributed by atoms with van der Waals surface area (Å²) < 4.78 is 17.0. The van der Waals surface area contributed by atoms with Crippen LogP contribution in [0.3, 0.4) is 0 Å². The van der Waals surface area contributed by atoms with Gasteiger partial charge in [0.25, 0.3) is 5.91 Å². The van der Waals surface area contributed by atoms with E-state index >= 15 is 0 Å². The second-order valence-electron chi connectivity index (χ2n) is 6.05. The third-order valence-electron chi connectivity index (χ3n) is 3.95. The number of ether oxygens (including phenoxy) is 3. The van der Waals surface area contributed by atoms with E-state index in [1.165, 1.54) is 0 Å². The molecule has 6 heteroatoms. The minimum atomic E-state index is -0.270. The fourth-order valence-electron chi connectivity index (χ4n) is 2.59. The Morgan fingerprint density at radius 1 is 0.793 bits per heavy atom. The van der Waals surface area contributed by atoms with Gasteiger partial charge in [-0.2, -0.15) is 0 Å². The average Bonchev–Trinajstić information content (AvgIpc) is 2.77. The average molecular weight is 392 g/mol. The van der Waals surface area contributed by atoms with Crippen LogP contribution >= 0.6 is 0 Å². The molecule has 0 saturated carbocycles. The number of nitrogens with one attached hydrogen (secondary N) is 2. The van der Waals surface area contributed by atoms with Crippen molar-refractivity contribution in [1.82, 2.24) is 5.43 Å². The molecule has 2 N–H and O–H groups in total. The molecule has 0 radical (unpaired) electrons. The van der Waals surface area contributed by atoms with Crippen LogP contribution in [-0.2, 0) is 0 Å². The highest BCUT2D eigenvalue weighted by Gasteiger charge is 2.12. The molecule has 0 aromatic heterocycles. The molecule has 3 aromatic rings. The topological polar surface area (TPSA) is 68.8 Å². The van der Waals surface area contributed by atoms with E-state index < -0.39 is 0 Å². The van der Waals surface area contributed by atoms with Crippen molar-refractivity contribution in [1.29, 1.82) is 0 Å². The first-order chi connectivity index (χ1) is 14.3. The molecule has 0 bridgehead atoms. The number of carbonyl (C=O) groups is 1. The molecular weight excluding hydrogens is 368 g/mol. The van der Waals surface area contributed by atoms with Crippen molar-refractivity contribution in [2.45, 2.75) is 6.92 Å². The fourth-order valence-corrected chi connectivity index (χ4v) is 2.59. The van der Waals surface area contributed by atoms with Gasteiger partial charge >= 0.3 is 0 Å². The third kappa shape index (κ3) is 6.17. The van der Waals surface area contributed by atoms with E-state index in [1.54, 1.807) is 18.2 Å². The molecule has 29 heavy (non-hydrogen) atoms. The number of hydrazine groups is 1. The van der Waals surface area contributed by atoms with Gasteiger partial charge in [-0.15, -0.1) is 0 Å². The lowest BCUT2D eigenvalue weighted by atomic mass is 10.2. The van der Waals surface area contributed by atoms with Gasteiger partial charge in [0, 0.05) is 5.56 Å². The van der Waals surface area contributed by atoms with Gasteiger partial charge in [0.2, 0.25) is 0 Å². The molecule has 1 amide bonds. The maximum Gasteiger partial charge on any atom is 0.269 e. The van der Waals surface area contributed by atoms with Gasteiger partial charge in [0.05, 0.1) is 12.3 Å². The highest BCUT2D eigenvalue weighted by atomic mass is 16.5. The van der Waals surface area contributed by atoms with E-state index in [0.717, 1.165) is 11.4 Å². The number of para-hydroxylation sites is 2. The summed E-state index contributed by atoms with van der Waals surface area (Å²) in [7, 11) is 0. The first-order valence-corrected chi connectivity index (χ1v) is 9.45. The minimum Gasteiger partial charge on any atom is -0.490 e. The summed E-state index contributed by atoms with van der Waals surface area (Å²) in [5.41, 5.74) is 6.81. The highest BCUT2D eigenvalue weighted by molar-refractivity contribution is 5.95. The third-order valence-corrected chi connectivity index (χ3v) is 3.95. The molecule has 0 aliphatic heterocycles. The number of anilines is 1. The Labute approximate surface area is 170 Å². The smallest absolute Gasteiger partial charge is 0.269 e. The van der Waals surface area contributed by atoms with Crippen molar-refractivity contribution in [3.8, 4) is 17.2 Å². The maximum absolute atomic E-state index is 12.4. The molecule has 6 nitrogen and oxygen atoms in total. The van der Waals surface area contributed by atoms with Gasteiger partial charge < -0.3 is 14.2 Å². The van der Waals surface area contributed by atoms with Gasteiger partial charge in [0.15, 0.2) is 11.5 Å². The summed E-state index contributed by atoms with van der Waals surface area (Å²) in [4.78, 5) is 12.4. The van der Waals surface area contributed by atoms with Gasteiger partial charge in [-0.1, -0.05) is 36.4 Å². The summed E-state index contributed by atoms with van der Waals surface area (Å²) in [6.07, 6.45) is 0. The van der Waals surface area contributed by atoms with Crippen LogP contribution in [0.5, 0.6) is 17.2 Å². The van der Waals surface area contributed by atoms with Crippen LogP contribution in [0, 0.1) is 0 Å². The molecule has 0 fully saturated rings. The molecule has 0 heterocycles. The Hall–Kier alpha value is -3.67. The SMILES string of the molecule is CCOc1cc(C(=O)NNc2ccccc2)ccc1OCCOc1ccccc1. The van der Waals surface area contributed by atoms with Crippen LogP contribution in [0.4, 0.5) is 5.69 Å². The number of amides is 1. The highest BCUT2D eigenvalue weighted by Crippen LogP contribution is 2.28. The van der Waals surface area contributed by atoms with Crippen LogP contribution in [-0.4, -0.2) is 25.7 Å². The predicted molar refractivity (Wildman–Crippen MR) is 113 cm³/mol. The summed E-state index contributed by atoms with van der Waals surface area (Å²) in [6.45, 7) is 3.10. The molecule has 0 saturated heterocycles. The largest absolute Gasteiger partial charge is 0.490 e. The number of hydrogen-bond acceptors (Lipinski definition) is 5. The van der Waals surface area contributed by atoms with Crippen molar-refractivity contribution in [2.75, 3.05) is 25.2 Å². The lowest BCUT2D eigenvalue weighted by Gasteiger charge is -2.14. The van der Waals surface area contributed by atoms with Crippen molar-refractivity contribution >= 4 is 11.6 Å². The van der Waals surface area contributed by atoms with Crippen LogP contribution in [0.25, 0.3) is 0 Å². The molecular formula is C23H24N2O4. The zero-order valence-electron chi connectivity index (χ0n) is 16.3. The lowest BCUT2D eigenvalue weighted by Crippen LogP contribution is -2.29. The van der Waals surface area contributed by atoms with Crippen LogP contribution < -0.4 is 25.1 Å². The standard InChI is InChI=1S/C23H24N2O4/c1-2-27-22-17-18(23(26)25-24-19-9-5-3-6-10-19)13-14-21(22)29-16-15-28-20-11-7-4-8-12-20/h3-14,17,24H,2,15-16H2,1H3,(H,25,26). The summed E-state index contributed by atoms with van der Waals surface area (Å²) in [5.74, 6) is 1.60. The number of benzene rings is 3. The molecule has 0 aliphatic carbocycles. The maximum atomic E-state index is 12.4. The Morgan fingerprint density at radius 2 is 1.48 bits per heavy atom. The summed E-state index contributed by atoms with van der Waals surface area (Å²) in [6, 6.07) is 24.0. The first-order valence-electron chi connectivity index (χ1n) is 9.45. The number of carbonyl (C=O) groups excluding carboxylic acids is 1.